The van der Waals surface area contributed by atoms with E-state index >= 15 is 0 Å². The van der Waals surface area contributed by atoms with E-state index in [1.165, 1.54) is 12.8 Å². The smallest absolute Gasteiger partial charge is 0.266 e. The summed E-state index contributed by atoms with van der Waals surface area (Å²) in [5.41, 5.74) is 0.735. The van der Waals surface area contributed by atoms with Gasteiger partial charge in [0, 0.05) is 0 Å². The van der Waals surface area contributed by atoms with Gasteiger partial charge < -0.3 is 19.4 Å². The van der Waals surface area contributed by atoms with Gasteiger partial charge in [0.25, 0.3) is 5.91 Å². The molecular formula is C19H22NO5S2-. The standard InChI is InChI=1S/C19H23NO5S2/c1-3-4-5-6-9-25-14-8-7-13(10-15(14)24-2)11-16-18(23)20(12-17(21)22)19(26)27-16/h7-8,10-11H,3-6,9,12H2,1-2H3,(H,21,22)/p-1/b16-11-. The van der Waals surface area contributed by atoms with Crippen molar-refractivity contribution in [3.8, 4) is 11.5 Å². The number of rotatable bonds is 10. The number of hydrogen-bond donors (Lipinski definition) is 0. The van der Waals surface area contributed by atoms with Crippen LogP contribution in [0.2, 0.25) is 0 Å². The van der Waals surface area contributed by atoms with Crippen LogP contribution in [0.4, 0.5) is 0 Å². The van der Waals surface area contributed by atoms with Crippen molar-refractivity contribution in [2.24, 2.45) is 0 Å². The summed E-state index contributed by atoms with van der Waals surface area (Å²) in [4.78, 5) is 24.4. The van der Waals surface area contributed by atoms with Gasteiger partial charge in [-0.1, -0.05) is 56.2 Å². The molecule has 8 heteroatoms. The first-order valence-corrected chi connectivity index (χ1v) is 9.94. The number of carbonyl (C=O) groups is 2. The Morgan fingerprint density at radius 3 is 2.74 bits per heavy atom. The number of methoxy groups -OCH3 is 1. The van der Waals surface area contributed by atoms with Crippen molar-refractivity contribution in [1.82, 2.24) is 4.90 Å². The third-order valence-electron chi connectivity index (χ3n) is 3.90. The zero-order valence-electron chi connectivity index (χ0n) is 15.4. The van der Waals surface area contributed by atoms with E-state index < -0.39 is 18.4 Å². The fourth-order valence-electron chi connectivity index (χ4n) is 2.52. The largest absolute Gasteiger partial charge is 0.548 e. The molecule has 0 saturated carbocycles. The zero-order valence-corrected chi connectivity index (χ0v) is 17.0. The normalized spacial score (nSPS) is 15.5. The van der Waals surface area contributed by atoms with Crippen molar-refractivity contribution in [3.63, 3.8) is 0 Å². The minimum absolute atomic E-state index is 0.203. The van der Waals surface area contributed by atoms with Crippen molar-refractivity contribution < 1.29 is 24.2 Å². The molecule has 0 spiro atoms. The highest BCUT2D eigenvalue weighted by atomic mass is 32.2. The van der Waals surface area contributed by atoms with Gasteiger partial charge in [0.05, 0.1) is 31.1 Å². The van der Waals surface area contributed by atoms with Gasteiger partial charge in [-0.2, -0.15) is 0 Å². The number of thiocarbonyl (C=S) groups is 1. The van der Waals surface area contributed by atoms with Crippen molar-refractivity contribution in [1.29, 1.82) is 0 Å². The summed E-state index contributed by atoms with van der Waals surface area (Å²) in [6, 6.07) is 5.38. The number of nitrogens with zero attached hydrogens (tertiary/aromatic N) is 1. The zero-order chi connectivity index (χ0) is 19.8. The van der Waals surface area contributed by atoms with Crippen LogP contribution in [0.3, 0.4) is 0 Å². The van der Waals surface area contributed by atoms with Gasteiger partial charge >= 0.3 is 0 Å². The second kappa shape index (κ2) is 10.3. The van der Waals surface area contributed by atoms with Gasteiger partial charge in [-0.05, 0) is 30.2 Å². The molecule has 1 aromatic carbocycles. The molecule has 1 amide bonds. The predicted molar refractivity (Wildman–Crippen MR) is 108 cm³/mol. The van der Waals surface area contributed by atoms with Gasteiger partial charge in [-0.15, -0.1) is 0 Å². The van der Waals surface area contributed by atoms with E-state index in [9.17, 15) is 14.7 Å². The maximum atomic E-state index is 12.3. The Hall–Kier alpha value is -2.06. The number of carbonyl (C=O) groups excluding carboxylic acids is 2. The molecule has 1 aliphatic rings. The van der Waals surface area contributed by atoms with Crippen LogP contribution in [0.5, 0.6) is 11.5 Å². The lowest BCUT2D eigenvalue weighted by Gasteiger charge is -2.14. The molecule has 6 nitrogen and oxygen atoms in total. The molecule has 0 bridgehead atoms. The number of aliphatic carboxylic acids is 1. The van der Waals surface area contributed by atoms with Crippen molar-refractivity contribution >= 4 is 46.3 Å². The molecule has 0 radical (unpaired) electrons. The summed E-state index contributed by atoms with van der Waals surface area (Å²) in [5, 5.41) is 10.8. The van der Waals surface area contributed by atoms with Crippen LogP contribution in [0.15, 0.2) is 23.1 Å². The lowest BCUT2D eigenvalue weighted by Crippen LogP contribution is -2.40. The first kappa shape index (κ1) is 21.2. The molecule has 0 atom stereocenters. The molecule has 0 unspecified atom stereocenters. The van der Waals surface area contributed by atoms with Crippen LogP contribution in [0, 0.1) is 0 Å². The third-order valence-corrected chi connectivity index (χ3v) is 5.28. The summed E-state index contributed by atoms with van der Waals surface area (Å²) in [6.07, 6.45) is 6.13. The molecule has 1 aliphatic heterocycles. The van der Waals surface area contributed by atoms with Gasteiger partial charge in [0.15, 0.2) is 11.5 Å². The summed E-state index contributed by atoms with van der Waals surface area (Å²) in [6.45, 7) is 2.24. The number of carboxylic acids is 1. The molecular weight excluding hydrogens is 386 g/mol. The fraction of sp³-hybridized carbons (Fsp3) is 0.421. The maximum absolute atomic E-state index is 12.3. The summed E-state index contributed by atoms with van der Waals surface area (Å²) >= 11 is 6.13. The highest BCUT2D eigenvalue weighted by Gasteiger charge is 2.31. The lowest BCUT2D eigenvalue weighted by molar-refractivity contribution is -0.305. The van der Waals surface area contributed by atoms with Crippen LogP contribution in [-0.2, 0) is 9.59 Å². The van der Waals surface area contributed by atoms with Crippen LogP contribution in [-0.4, -0.2) is 41.4 Å². The molecule has 0 aromatic heterocycles. The fourth-order valence-corrected chi connectivity index (χ4v) is 3.78. The molecule has 1 fully saturated rings. The minimum Gasteiger partial charge on any atom is -0.548 e. The quantitative estimate of drug-likeness (QED) is 0.334. The van der Waals surface area contributed by atoms with Crippen LogP contribution >= 0.6 is 24.0 Å². The van der Waals surface area contributed by atoms with Crippen molar-refractivity contribution in [3.05, 3.63) is 28.7 Å². The monoisotopic (exact) mass is 408 g/mol. The molecule has 0 N–H and O–H groups in total. The lowest BCUT2D eigenvalue weighted by atomic mass is 10.1. The Labute approximate surface area is 168 Å². The van der Waals surface area contributed by atoms with E-state index in [1.807, 2.05) is 6.07 Å². The van der Waals surface area contributed by atoms with E-state index in [0.29, 0.717) is 23.0 Å². The van der Waals surface area contributed by atoms with Gasteiger partial charge in [0.2, 0.25) is 0 Å². The number of benzene rings is 1. The van der Waals surface area contributed by atoms with E-state index in [1.54, 1.807) is 25.3 Å². The Balaban J connectivity index is 2.08. The van der Waals surface area contributed by atoms with Crippen molar-refractivity contribution in [2.75, 3.05) is 20.3 Å². The van der Waals surface area contributed by atoms with Gasteiger partial charge in [-0.3, -0.25) is 9.69 Å². The molecule has 1 saturated heterocycles. The molecule has 27 heavy (non-hydrogen) atoms. The van der Waals surface area contributed by atoms with Crippen LogP contribution in [0.1, 0.15) is 38.2 Å². The first-order valence-electron chi connectivity index (χ1n) is 8.72. The SMILES string of the molecule is CCCCCCOc1ccc(/C=C2\SC(=S)N(CC(=O)[O-])C2=O)cc1OC. The summed E-state index contributed by atoms with van der Waals surface area (Å²) in [5.74, 6) is -0.570. The van der Waals surface area contributed by atoms with E-state index in [-0.39, 0.29) is 4.32 Å². The molecule has 1 aromatic rings. The highest BCUT2D eigenvalue weighted by Crippen LogP contribution is 2.34. The molecule has 1 heterocycles. The van der Waals surface area contributed by atoms with Crippen LogP contribution in [0.25, 0.3) is 6.08 Å². The number of ether oxygens (including phenoxy) is 2. The average molecular weight is 409 g/mol. The number of hydrogen-bond acceptors (Lipinski definition) is 7. The highest BCUT2D eigenvalue weighted by molar-refractivity contribution is 8.26. The molecule has 2 rings (SSSR count). The maximum Gasteiger partial charge on any atom is 0.266 e. The average Bonchev–Trinajstić information content (AvgIpc) is 2.89. The van der Waals surface area contributed by atoms with Gasteiger partial charge in [-0.25, -0.2) is 0 Å². The Kier molecular flexibility index (Phi) is 8.12. The topological polar surface area (TPSA) is 78.9 Å². The van der Waals surface area contributed by atoms with Crippen LogP contribution < -0.4 is 14.6 Å². The Morgan fingerprint density at radius 1 is 1.30 bits per heavy atom. The second-order valence-electron chi connectivity index (χ2n) is 5.96. The molecule has 146 valence electrons. The third kappa shape index (κ3) is 5.97. The Bertz CT molecular complexity index is 748. The number of thioether (sulfide) groups is 1. The van der Waals surface area contributed by atoms with Gasteiger partial charge in [0.1, 0.15) is 4.32 Å². The summed E-state index contributed by atoms with van der Waals surface area (Å²) in [7, 11) is 1.56. The number of carboxylic acid groups (broad SMARTS) is 1. The second-order valence-corrected chi connectivity index (χ2v) is 7.64. The van der Waals surface area contributed by atoms with E-state index in [2.05, 4.69) is 6.92 Å². The Morgan fingerprint density at radius 2 is 2.07 bits per heavy atom. The minimum atomic E-state index is -1.35. The van der Waals surface area contributed by atoms with E-state index in [4.69, 9.17) is 21.7 Å². The summed E-state index contributed by atoms with van der Waals surface area (Å²) < 4.78 is 11.4. The predicted octanol–water partition coefficient (Wildman–Crippen LogP) is 2.61. The molecule has 0 aliphatic carbocycles. The van der Waals surface area contributed by atoms with E-state index in [0.717, 1.165) is 35.1 Å². The number of unbranched alkanes of at least 4 members (excludes halogenated alkanes) is 3. The van der Waals surface area contributed by atoms with Crippen molar-refractivity contribution in [2.45, 2.75) is 32.6 Å². The first-order chi connectivity index (χ1) is 13.0. The number of amides is 1.